The van der Waals surface area contributed by atoms with E-state index < -0.39 is 0 Å². The first-order chi connectivity index (χ1) is 9.24. The zero-order chi connectivity index (χ0) is 13.5. The number of hydrogen-bond donors (Lipinski definition) is 2. The number of benzene rings is 1. The summed E-state index contributed by atoms with van der Waals surface area (Å²) in [7, 11) is 0. The molecule has 0 amide bonds. The van der Waals surface area contributed by atoms with Crippen LogP contribution in [0, 0.1) is 0 Å². The minimum atomic E-state index is 0.317. The van der Waals surface area contributed by atoms with E-state index in [4.69, 9.17) is 0 Å². The normalized spacial score (nSPS) is 12.3. The van der Waals surface area contributed by atoms with Crippen LogP contribution in [-0.4, -0.2) is 21.3 Å². The van der Waals surface area contributed by atoms with Crippen molar-refractivity contribution < 1.29 is 5.11 Å². The Morgan fingerprint density at radius 1 is 1.21 bits per heavy atom. The highest BCUT2D eigenvalue weighted by molar-refractivity contribution is 5.25. The van der Waals surface area contributed by atoms with Crippen LogP contribution < -0.4 is 5.32 Å². The first-order valence-electron chi connectivity index (χ1n) is 6.52. The maximum absolute atomic E-state index is 9.22. The largest absolute Gasteiger partial charge is 0.508 e. The molecule has 0 aliphatic carbocycles. The Hall–Kier alpha value is -1.94. The number of rotatable bonds is 6. The van der Waals surface area contributed by atoms with E-state index in [1.807, 2.05) is 24.3 Å². The van der Waals surface area contributed by atoms with Crippen molar-refractivity contribution in [3.8, 4) is 5.75 Å². The molecule has 1 aromatic carbocycles. The van der Waals surface area contributed by atoms with E-state index in [1.54, 1.807) is 18.3 Å². The van der Waals surface area contributed by atoms with Crippen molar-refractivity contribution in [1.82, 2.24) is 15.5 Å². The predicted molar refractivity (Wildman–Crippen MR) is 74.8 cm³/mol. The third-order valence-corrected chi connectivity index (χ3v) is 3.06. The van der Waals surface area contributed by atoms with Crippen molar-refractivity contribution in [1.29, 1.82) is 0 Å². The van der Waals surface area contributed by atoms with Gasteiger partial charge in [-0.05, 0) is 49.6 Å². The number of phenolic OH excluding ortho intramolecular Hbond substituents is 1. The fraction of sp³-hybridized carbons (Fsp3) is 0.333. The molecule has 0 saturated carbocycles. The van der Waals surface area contributed by atoms with Gasteiger partial charge in [0, 0.05) is 18.8 Å². The molecule has 100 valence electrons. The van der Waals surface area contributed by atoms with Gasteiger partial charge < -0.3 is 10.4 Å². The van der Waals surface area contributed by atoms with Crippen molar-refractivity contribution >= 4 is 0 Å². The molecule has 19 heavy (non-hydrogen) atoms. The van der Waals surface area contributed by atoms with Gasteiger partial charge in [-0.3, -0.25) is 0 Å². The summed E-state index contributed by atoms with van der Waals surface area (Å²) in [4.78, 5) is 0. The van der Waals surface area contributed by atoms with Crippen molar-refractivity contribution in [2.24, 2.45) is 0 Å². The summed E-state index contributed by atoms with van der Waals surface area (Å²) in [6, 6.07) is 11.7. The van der Waals surface area contributed by atoms with Gasteiger partial charge in [0.15, 0.2) is 0 Å². The van der Waals surface area contributed by atoms with Crippen LogP contribution in [0.3, 0.4) is 0 Å². The lowest BCUT2D eigenvalue weighted by molar-refractivity contribution is 0.474. The smallest absolute Gasteiger partial charge is 0.115 e. The number of phenols is 1. The quantitative estimate of drug-likeness (QED) is 0.833. The van der Waals surface area contributed by atoms with Gasteiger partial charge in [0.1, 0.15) is 5.75 Å². The van der Waals surface area contributed by atoms with Gasteiger partial charge in [-0.2, -0.15) is 10.2 Å². The maximum Gasteiger partial charge on any atom is 0.115 e. The van der Waals surface area contributed by atoms with Crippen LogP contribution in [0.4, 0.5) is 0 Å². The van der Waals surface area contributed by atoms with Gasteiger partial charge >= 0.3 is 0 Å². The summed E-state index contributed by atoms with van der Waals surface area (Å²) in [5, 5.41) is 20.5. The lowest BCUT2D eigenvalue weighted by atomic mass is 10.1. The Morgan fingerprint density at radius 3 is 2.68 bits per heavy atom. The molecule has 4 nitrogen and oxygen atoms in total. The van der Waals surface area contributed by atoms with Crippen molar-refractivity contribution in [2.75, 3.05) is 0 Å². The lowest BCUT2D eigenvalue weighted by Gasteiger charge is -2.13. The minimum Gasteiger partial charge on any atom is -0.508 e. The SMILES string of the molecule is CC(CCc1ccc(O)cc1)NCc1cccnn1. The van der Waals surface area contributed by atoms with E-state index >= 15 is 0 Å². The molecular formula is C15H19N3O. The molecule has 1 heterocycles. The van der Waals surface area contributed by atoms with E-state index in [1.165, 1.54) is 5.56 Å². The molecule has 4 heteroatoms. The molecule has 2 rings (SSSR count). The van der Waals surface area contributed by atoms with Crippen LogP contribution in [0.25, 0.3) is 0 Å². The van der Waals surface area contributed by atoms with E-state index in [0.717, 1.165) is 25.1 Å². The predicted octanol–water partition coefficient (Wildman–Crippen LogP) is 2.29. The number of hydrogen-bond acceptors (Lipinski definition) is 4. The molecule has 0 bridgehead atoms. The summed E-state index contributed by atoms with van der Waals surface area (Å²) in [5.41, 5.74) is 2.20. The van der Waals surface area contributed by atoms with E-state index in [9.17, 15) is 5.11 Å². The number of aromatic hydroxyl groups is 1. The van der Waals surface area contributed by atoms with Crippen LogP contribution in [0.5, 0.6) is 5.75 Å². The first-order valence-corrected chi connectivity index (χ1v) is 6.52. The van der Waals surface area contributed by atoms with Gasteiger partial charge in [0.25, 0.3) is 0 Å². The third-order valence-electron chi connectivity index (χ3n) is 3.06. The molecule has 0 saturated heterocycles. The molecule has 0 aliphatic heterocycles. The highest BCUT2D eigenvalue weighted by Crippen LogP contribution is 2.12. The second-order valence-electron chi connectivity index (χ2n) is 4.70. The summed E-state index contributed by atoms with van der Waals surface area (Å²) in [5.74, 6) is 0.317. The zero-order valence-electron chi connectivity index (χ0n) is 11.1. The Bertz CT molecular complexity index is 485. The number of aromatic nitrogens is 2. The Balaban J connectivity index is 1.72. The van der Waals surface area contributed by atoms with Crippen molar-refractivity contribution in [2.45, 2.75) is 32.4 Å². The number of nitrogens with zero attached hydrogens (tertiary/aromatic N) is 2. The van der Waals surface area contributed by atoms with Crippen LogP contribution in [0.1, 0.15) is 24.6 Å². The molecule has 1 aromatic heterocycles. The highest BCUT2D eigenvalue weighted by Gasteiger charge is 2.03. The Kier molecular flexibility index (Phi) is 4.86. The first kappa shape index (κ1) is 13.5. The molecular weight excluding hydrogens is 238 g/mol. The van der Waals surface area contributed by atoms with Crippen LogP contribution >= 0.6 is 0 Å². The van der Waals surface area contributed by atoms with Gasteiger partial charge in [-0.15, -0.1) is 0 Å². The molecule has 1 atom stereocenters. The molecule has 2 N–H and O–H groups in total. The standard InChI is InChI=1S/C15H19N3O/c1-12(16-11-14-3-2-10-17-18-14)4-5-13-6-8-15(19)9-7-13/h2-3,6-10,12,16,19H,4-5,11H2,1H3. The lowest BCUT2D eigenvalue weighted by Crippen LogP contribution is -2.26. The van der Waals surface area contributed by atoms with Gasteiger partial charge in [0.05, 0.1) is 5.69 Å². The maximum atomic E-state index is 9.22. The second-order valence-corrected chi connectivity index (χ2v) is 4.70. The summed E-state index contributed by atoms with van der Waals surface area (Å²) < 4.78 is 0. The molecule has 2 aromatic rings. The van der Waals surface area contributed by atoms with Crippen LogP contribution in [-0.2, 0) is 13.0 Å². The number of aryl methyl sites for hydroxylation is 1. The van der Waals surface area contributed by atoms with Gasteiger partial charge in [-0.25, -0.2) is 0 Å². The second kappa shape index (κ2) is 6.85. The molecule has 1 unspecified atom stereocenters. The summed E-state index contributed by atoms with van der Waals surface area (Å²) >= 11 is 0. The summed E-state index contributed by atoms with van der Waals surface area (Å²) in [6.45, 7) is 2.90. The average Bonchev–Trinajstić information content (AvgIpc) is 2.45. The van der Waals surface area contributed by atoms with E-state index in [0.29, 0.717) is 11.8 Å². The monoisotopic (exact) mass is 257 g/mol. The molecule has 0 radical (unpaired) electrons. The topological polar surface area (TPSA) is 58.0 Å². The van der Waals surface area contributed by atoms with E-state index in [2.05, 4.69) is 22.4 Å². The zero-order valence-corrected chi connectivity index (χ0v) is 11.1. The third kappa shape index (κ3) is 4.67. The fourth-order valence-electron chi connectivity index (χ4n) is 1.85. The van der Waals surface area contributed by atoms with Crippen molar-refractivity contribution in [3.05, 3.63) is 53.9 Å². The Labute approximate surface area is 113 Å². The minimum absolute atomic E-state index is 0.317. The number of nitrogens with one attached hydrogen (secondary N) is 1. The van der Waals surface area contributed by atoms with Gasteiger partial charge in [0.2, 0.25) is 0 Å². The average molecular weight is 257 g/mol. The fourth-order valence-corrected chi connectivity index (χ4v) is 1.85. The molecule has 0 fully saturated rings. The van der Waals surface area contributed by atoms with Crippen LogP contribution in [0.15, 0.2) is 42.6 Å². The van der Waals surface area contributed by atoms with Gasteiger partial charge in [-0.1, -0.05) is 12.1 Å². The summed E-state index contributed by atoms with van der Waals surface area (Å²) in [6.07, 6.45) is 3.72. The molecule has 0 aliphatic rings. The van der Waals surface area contributed by atoms with E-state index in [-0.39, 0.29) is 0 Å². The van der Waals surface area contributed by atoms with Crippen molar-refractivity contribution in [3.63, 3.8) is 0 Å². The highest BCUT2D eigenvalue weighted by atomic mass is 16.3. The van der Waals surface area contributed by atoms with Crippen LogP contribution in [0.2, 0.25) is 0 Å². The Morgan fingerprint density at radius 2 is 2.00 bits per heavy atom. The molecule has 0 spiro atoms.